The van der Waals surface area contributed by atoms with Crippen molar-refractivity contribution in [3.05, 3.63) is 39.6 Å². The van der Waals surface area contributed by atoms with Crippen molar-refractivity contribution in [1.82, 2.24) is 4.98 Å². The van der Waals surface area contributed by atoms with Gasteiger partial charge in [-0.25, -0.2) is 4.98 Å². The number of carbonyl (C=O) groups is 1. The average Bonchev–Trinajstić information content (AvgIpc) is 3.04. The first-order chi connectivity index (χ1) is 12.5. The highest BCUT2D eigenvalue weighted by atomic mass is 32.1. The number of aryl methyl sites for hydroxylation is 1. The van der Waals surface area contributed by atoms with Gasteiger partial charge >= 0.3 is 5.00 Å². The molecular formula is C17H22N4O4S. The van der Waals surface area contributed by atoms with Gasteiger partial charge in [0.1, 0.15) is 11.9 Å². The first-order valence-corrected chi connectivity index (χ1v) is 9.20. The van der Waals surface area contributed by atoms with Crippen molar-refractivity contribution in [2.45, 2.75) is 33.6 Å². The number of nitro groups is 1. The van der Waals surface area contributed by atoms with E-state index in [-0.39, 0.29) is 10.1 Å². The minimum absolute atomic E-state index is 0.127. The average molecular weight is 378 g/mol. The number of rotatable bonds is 9. The maximum Gasteiger partial charge on any atom is 0.345 e. The van der Waals surface area contributed by atoms with Gasteiger partial charge in [0.2, 0.25) is 0 Å². The second-order valence-corrected chi connectivity index (χ2v) is 6.60. The molecule has 2 N–H and O–H groups in total. The normalized spacial score (nSPS) is 10.4. The van der Waals surface area contributed by atoms with Crippen LogP contribution in [0.5, 0.6) is 5.75 Å². The van der Waals surface area contributed by atoms with Crippen molar-refractivity contribution in [2.24, 2.45) is 0 Å². The lowest BCUT2D eigenvalue weighted by Crippen LogP contribution is -2.16. The van der Waals surface area contributed by atoms with E-state index in [1.54, 1.807) is 6.07 Å². The first kappa shape index (κ1) is 19.6. The maximum atomic E-state index is 12.7. The third-order valence-corrected chi connectivity index (χ3v) is 4.44. The molecule has 140 valence electrons. The largest absolute Gasteiger partial charge is 0.493 e. The molecule has 1 amide bonds. The predicted molar refractivity (Wildman–Crippen MR) is 102 cm³/mol. The van der Waals surface area contributed by atoms with Crippen molar-refractivity contribution in [2.75, 3.05) is 23.8 Å². The summed E-state index contributed by atoms with van der Waals surface area (Å²) in [4.78, 5) is 26.7. The SMILES string of the molecule is CCCCNc1cc(C)c(C(=O)Nc2ncc([N+](=O)[O-])s2)c(OCC)c1. The van der Waals surface area contributed by atoms with Crippen molar-refractivity contribution in [3.63, 3.8) is 0 Å². The number of ether oxygens (including phenoxy) is 1. The number of amides is 1. The molecule has 0 spiro atoms. The Kier molecular flexibility index (Phi) is 6.90. The van der Waals surface area contributed by atoms with Crippen LogP contribution in [-0.2, 0) is 0 Å². The molecule has 0 radical (unpaired) electrons. The third kappa shape index (κ3) is 4.92. The minimum atomic E-state index is -0.541. The number of unbranched alkanes of at least 4 members (excludes halogenated alkanes) is 1. The zero-order chi connectivity index (χ0) is 19.1. The standard InChI is InChI=1S/C17H22N4O4S/c1-4-6-7-18-12-8-11(3)15(13(9-12)25-5-2)16(22)20-17-19-10-14(26-17)21(23)24/h8-10,18H,4-7H2,1-3H3,(H,19,20,22). The van der Waals surface area contributed by atoms with E-state index in [2.05, 4.69) is 22.5 Å². The molecule has 1 heterocycles. The lowest BCUT2D eigenvalue weighted by Gasteiger charge is -2.15. The predicted octanol–water partition coefficient (Wildman–Crippen LogP) is 4.22. The Hall–Kier alpha value is -2.68. The molecule has 0 unspecified atom stereocenters. The van der Waals surface area contributed by atoms with Crippen LogP contribution in [0.25, 0.3) is 0 Å². The van der Waals surface area contributed by atoms with Crippen LogP contribution >= 0.6 is 11.3 Å². The van der Waals surface area contributed by atoms with Gasteiger partial charge in [-0.15, -0.1) is 0 Å². The molecule has 0 aliphatic rings. The summed E-state index contributed by atoms with van der Waals surface area (Å²) in [6.07, 6.45) is 3.26. The Balaban J connectivity index is 2.24. The molecule has 1 aromatic carbocycles. The van der Waals surface area contributed by atoms with Crippen LogP contribution in [0.1, 0.15) is 42.6 Å². The Morgan fingerprint density at radius 3 is 2.77 bits per heavy atom. The van der Waals surface area contributed by atoms with E-state index in [1.165, 1.54) is 0 Å². The highest BCUT2D eigenvalue weighted by Crippen LogP contribution is 2.30. The number of benzene rings is 1. The van der Waals surface area contributed by atoms with Crippen LogP contribution in [0.2, 0.25) is 0 Å². The summed E-state index contributed by atoms with van der Waals surface area (Å²) in [6.45, 7) is 7.05. The molecule has 9 heteroatoms. The maximum absolute atomic E-state index is 12.7. The van der Waals surface area contributed by atoms with Gasteiger partial charge in [0.15, 0.2) is 5.13 Å². The molecule has 0 atom stereocenters. The highest BCUT2D eigenvalue weighted by Gasteiger charge is 2.20. The second kappa shape index (κ2) is 9.14. The summed E-state index contributed by atoms with van der Waals surface area (Å²) < 4.78 is 5.64. The molecular weight excluding hydrogens is 356 g/mol. The number of nitrogens with zero attached hydrogens (tertiary/aromatic N) is 2. The number of hydrogen-bond donors (Lipinski definition) is 2. The summed E-state index contributed by atoms with van der Waals surface area (Å²) in [7, 11) is 0. The third-order valence-electron chi connectivity index (χ3n) is 3.58. The Morgan fingerprint density at radius 1 is 1.38 bits per heavy atom. The molecule has 0 aliphatic carbocycles. The van der Waals surface area contributed by atoms with E-state index in [0.717, 1.165) is 48.2 Å². The van der Waals surface area contributed by atoms with Gasteiger partial charge in [0.25, 0.3) is 5.91 Å². The monoisotopic (exact) mass is 378 g/mol. The van der Waals surface area contributed by atoms with Gasteiger partial charge in [-0.1, -0.05) is 13.3 Å². The first-order valence-electron chi connectivity index (χ1n) is 8.39. The fraction of sp³-hybridized carbons (Fsp3) is 0.412. The van der Waals surface area contributed by atoms with Crippen molar-refractivity contribution in [1.29, 1.82) is 0 Å². The molecule has 2 rings (SSSR count). The molecule has 1 aromatic heterocycles. The van der Waals surface area contributed by atoms with Crippen LogP contribution in [0.15, 0.2) is 18.3 Å². The van der Waals surface area contributed by atoms with Gasteiger partial charge in [0.05, 0.1) is 17.1 Å². The van der Waals surface area contributed by atoms with E-state index in [4.69, 9.17) is 4.74 Å². The zero-order valence-corrected chi connectivity index (χ0v) is 15.8. The van der Waals surface area contributed by atoms with Crippen LogP contribution in [0.3, 0.4) is 0 Å². The van der Waals surface area contributed by atoms with Crippen LogP contribution < -0.4 is 15.4 Å². The van der Waals surface area contributed by atoms with Crippen LogP contribution in [-0.4, -0.2) is 29.0 Å². The summed E-state index contributed by atoms with van der Waals surface area (Å²) in [5.74, 6) is 0.0605. The molecule has 0 aliphatic heterocycles. The van der Waals surface area contributed by atoms with Crippen molar-refractivity contribution >= 4 is 33.1 Å². The molecule has 8 nitrogen and oxygen atoms in total. The van der Waals surface area contributed by atoms with Crippen molar-refractivity contribution in [3.8, 4) is 5.75 Å². The number of nitrogens with one attached hydrogen (secondary N) is 2. The minimum Gasteiger partial charge on any atom is -0.493 e. The van der Waals surface area contributed by atoms with Crippen LogP contribution in [0, 0.1) is 17.0 Å². The van der Waals surface area contributed by atoms with E-state index >= 15 is 0 Å². The van der Waals surface area contributed by atoms with E-state index in [0.29, 0.717) is 17.9 Å². The Morgan fingerprint density at radius 2 is 2.15 bits per heavy atom. The second-order valence-electron chi connectivity index (χ2n) is 5.59. The van der Waals surface area contributed by atoms with E-state index in [1.807, 2.05) is 19.9 Å². The number of hydrogen-bond acceptors (Lipinski definition) is 7. The molecule has 2 aromatic rings. The zero-order valence-electron chi connectivity index (χ0n) is 15.0. The fourth-order valence-corrected chi connectivity index (χ4v) is 3.02. The van der Waals surface area contributed by atoms with Crippen LogP contribution in [0.4, 0.5) is 15.8 Å². The molecule has 0 fully saturated rings. The number of aromatic nitrogens is 1. The van der Waals surface area contributed by atoms with Gasteiger partial charge < -0.3 is 10.1 Å². The van der Waals surface area contributed by atoms with Gasteiger partial charge in [-0.2, -0.15) is 0 Å². The number of thiazole rings is 1. The van der Waals surface area contributed by atoms with Gasteiger partial charge in [-0.05, 0) is 43.2 Å². The molecule has 0 saturated carbocycles. The highest BCUT2D eigenvalue weighted by molar-refractivity contribution is 7.18. The fourth-order valence-electron chi connectivity index (χ4n) is 2.39. The Labute approximate surface area is 155 Å². The lowest BCUT2D eigenvalue weighted by molar-refractivity contribution is -0.380. The van der Waals surface area contributed by atoms with E-state index < -0.39 is 10.8 Å². The van der Waals surface area contributed by atoms with Gasteiger partial charge in [-0.3, -0.25) is 20.2 Å². The summed E-state index contributed by atoms with van der Waals surface area (Å²) in [6, 6.07) is 3.68. The summed E-state index contributed by atoms with van der Waals surface area (Å²) in [5.41, 5.74) is 2.03. The Bertz CT molecular complexity index is 791. The topological polar surface area (TPSA) is 106 Å². The molecule has 0 saturated heterocycles. The quantitative estimate of drug-likeness (QED) is 0.384. The number of carbonyl (C=O) groups excluding carboxylic acids is 1. The van der Waals surface area contributed by atoms with E-state index in [9.17, 15) is 14.9 Å². The number of anilines is 2. The smallest absolute Gasteiger partial charge is 0.345 e. The lowest BCUT2D eigenvalue weighted by atomic mass is 10.1. The molecule has 26 heavy (non-hydrogen) atoms. The summed E-state index contributed by atoms with van der Waals surface area (Å²) in [5, 5.41) is 16.7. The van der Waals surface area contributed by atoms with Crippen molar-refractivity contribution < 1.29 is 14.5 Å². The molecule has 0 bridgehead atoms. The summed E-state index contributed by atoms with van der Waals surface area (Å²) >= 11 is 0.810. The van der Waals surface area contributed by atoms with Gasteiger partial charge in [0, 0.05) is 18.3 Å².